The predicted molar refractivity (Wildman–Crippen MR) is 240 cm³/mol. The summed E-state index contributed by atoms with van der Waals surface area (Å²) in [5, 5.41) is 7.90. The molecule has 58 heavy (non-hydrogen) atoms. The minimum Gasteiger partial charge on any atom is -0.456 e. The second kappa shape index (κ2) is 13.0. The fourth-order valence-electron chi connectivity index (χ4n) is 8.45. The number of benzene rings is 8. The van der Waals surface area contributed by atoms with Gasteiger partial charge in [-0.2, -0.15) is 0 Å². The Kier molecular flexibility index (Phi) is 7.33. The van der Waals surface area contributed by atoms with E-state index < -0.39 is 0 Å². The highest BCUT2D eigenvalue weighted by Crippen LogP contribution is 2.43. The fourth-order valence-corrected chi connectivity index (χ4v) is 9.58. The second-order valence-electron chi connectivity index (χ2n) is 14.5. The van der Waals surface area contributed by atoms with E-state index in [9.17, 15) is 0 Å². The first-order valence-corrected chi connectivity index (χ1v) is 20.1. The minimum absolute atomic E-state index is 0.618. The Labute approximate surface area is 336 Å². The quantitative estimate of drug-likeness (QED) is 0.164. The molecule has 12 rings (SSSR count). The molecule has 0 spiro atoms. The SMILES string of the molecule is c1ccc(-c2nc(-c3cccc(-c4ccc5c(c4)nc(-c4ccccc4)c4ccc6oc7ccccc7c6c45)c3)nc(-c3cccc4sc5ccccc5c34)n2)cc1. The van der Waals surface area contributed by atoms with Crippen molar-refractivity contribution in [3.05, 3.63) is 182 Å². The van der Waals surface area contributed by atoms with Gasteiger partial charge in [0.2, 0.25) is 0 Å². The molecule has 4 aromatic heterocycles. The Bertz CT molecular complexity index is 3570. The third-order valence-corrected chi connectivity index (χ3v) is 12.2. The number of para-hydroxylation sites is 1. The van der Waals surface area contributed by atoms with E-state index in [1.165, 1.54) is 20.2 Å². The van der Waals surface area contributed by atoms with E-state index in [2.05, 4.69) is 146 Å². The first kappa shape index (κ1) is 32.7. The molecule has 5 nitrogen and oxygen atoms in total. The summed E-state index contributed by atoms with van der Waals surface area (Å²) in [4.78, 5) is 20.8. The summed E-state index contributed by atoms with van der Waals surface area (Å²) >= 11 is 1.79. The van der Waals surface area contributed by atoms with Gasteiger partial charge < -0.3 is 4.42 Å². The lowest BCUT2D eigenvalue weighted by molar-refractivity contribution is 0.669. The van der Waals surface area contributed by atoms with Crippen molar-refractivity contribution < 1.29 is 4.42 Å². The summed E-state index contributed by atoms with van der Waals surface area (Å²) in [6.07, 6.45) is 0. The Morgan fingerprint density at radius 2 is 0.983 bits per heavy atom. The normalized spacial score (nSPS) is 11.8. The van der Waals surface area contributed by atoms with Crippen LogP contribution in [0.1, 0.15) is 0 Å². The van der Waals surface area contributed by atoms with Gasteiger partial charge in [0.15, 0.2) is 17.5 Å². The van der Waals surface area contributed by atoms with E-state index in [-0.39, 0.29) is 0 Å². The van der Waals surface area contributed by atoms with E-state index in [1.54, 1.807) is 11.3 Å². The number of pyridine rings is 1. The Morgan fingerprint density at radius 3 is 1.84 bits per heavy atom. The molecule has 0 unspecified atom stereocenters. The molecule has 0 aliphatic heterocycles. The summed E-state index contributed by atoms with van der Waals surface area (Å²) in [6, 6.07) is 63.2. The number of furan rings is 1. The number of hydrogen-bond acceptors (Lipinski definition) is 6. The summed E-state index contributed by atoms with van der Waals surface area (Å²) < 4.78 is 8.83. The number of nitrogens with zero attached hydrogens (tertiary/aromatic N) is 4. The predicted octanol–water partition coefficient (Wildman–Crippen LogP) is 14.2. The highest BCUT2D eigenvalue weighted by molar-refractivity contribution is 7.25. The van der Waals surface area contributed by atoms with Gasteiger partial charge in [0.25, 0.3) is 0 Å². The standard InChI is InChI=1S/C52H30N4OS/c1-3-13-31(14-4-1)49-39-27-28-43-48(37-19-7-9-22-42(37)57-43)47(39)36-26-25-34(30-41(36)53-49)33-17-11-18-35(29-33)51-54-50(32-15-5-2-6-16-32)55-52(56-51)40-21-12-24-45-46(40)38-20-8-10-23-44(38)58-45/h1-30H. The molecule has 0 fully saturated rings. The Balaban J connectivity index is 1.05. The molecule has 0 saturated heterocycles. The molecule has 0 atom stereocenters. The largest absolute Gasteiger partial charge is 0.456 e. The highest BCUT2D eigenvalue weighted by atomic mass is 32.1. The summed E-state index contributed by atoms with van der Waals surface area (Å²) in [5.74, 6) is 1.90. The van der Waals surface area contributed by atoms with Crippen LogP contribution in [0, 0.1) is 0 Å². The van der Waals surface area contributed by atoms with E-state index in [4.69, 9.17) is 24.4 Å². The number of rotatable bonds is 5. The summed E-state index contributed by atoms with van der Waals surface area (Å²) in [6.45, 7) is 0. The van der Waals surface area contributed by atoms with Gasteiger partial charge in [-0.3, -0.25) is 0 Å². The van der Waals surface area contributed by atoms with Crippen molar-refractivity contribution in [2.24, 2.45) is 0 Å². The molecular weight excluding hydrogens is 729 g/mol. The van der Waals surface area contributed by atoms with Crippen molar-refractivity contribution in [3.8, 4) is 56.5 Å². The second-order valence-corrected chi connectivity index (χ2v) is 15.6. The molecule has 0 aliphatic rings. The third kappa shape index (κ3) is 5.23. The van der Waals surface area contributed by atoms with Crippen LogP contribution < -0.4 is 0 Å². The van der Waals surface area contributed by atoms with Crippen LogP contribution in [-0.2, 0) is 0 Å². The molecule has 0 N–H and O–H groups in total. The first-order valence-electron chi connectivity index (χ1n) is 19.3. The zero-order valence-electron chi connectivity index (χ0n) is 30.9. The average molecular weight is 759 g/mol. The number of thiophene rings is 1. The van der Waals surface area contributed by atoms with Gasteiger partial charge in [-0.1, -0.05) is 140 Å². The van der Waals surface area contributed by atoms with Gasteiger partial charge in [0, 0.05) is 69.4 Å². The van der Waals surface area contributed by atoms with Gasteiger partial charge in [-0.15, -0.1) is 11.3 Å². The molecule has 270 valence electrons. The van der Waals surface area contributed by atoms with E-state index in [0.29, 0.717) is 17.5 Å². The van der Waals surface area contributed by atoms with Crippen LogP contribution in [0.25, 0.3) is 120 Å². The van der Waals surface area contributed by atoms with Crippen LogP contribution in [0.4, 0.5) is 0 Å². The zero-order chi connectivity index (χ0) is 38.2. The van der Waals surface area contributed by atoms with Crippen molar-refractivity contribution in [3.63, 3.8) is 0 Å². The lowest BCUT2D eigenvalue weighted by Crippen LogP contribution is -2.00. The first-order chi connectivity index (χ1) is 28.7. The smallest absolute Gasteiger partial charge is 0.164 e. The van der Waals surface area contributed by atoms with E-state index in [0.717, 1.165) is 82.7 Å². The lowest BCUT2D eigenvalue weighted by atomic mass is 9.94. The monoisotopic (exact) mass is 758 g/mol. The van der Waals surface area contributed by atoms with Gasteiger partial charge in [-0.25, -0.2) is 19.9 Å². The lowest BCUT2D eigenvalue weighted by Gasteiger charge is -2.13. The van der Waals surface area contributed by atoms with Crippen LogP contribution in [0.3, 0.4) is 0 Å². The number of aromatic nitrogens is 4. The van der Waals surface area contributed by atoms with E-state index in [1.807, 2.05) is 36.4 Å². The van der Waals surface area contributed by atoms with Crippen LogP contribution in [-0.4, -0.2) is 19.9 Å². The highest BCUT2D eigenvalue weighted by Gasteiger charge is 2.20. The maximum Gasteiger partial charge on any atom is 0.164 e. The van der Waals surface area contributed by atoms with E-state index >= 15 is 0 Å². The van der Waals surface area contributed by atoms with Gasteiger partial charge in [0.1, 0.15) is 11.2 Å². The zero-order valence-corrected chi connectivity index (χ0v) is 31.7. The number of hydrogen-bond donors (Lipinski definition) is 0. The maximum atomic E-state index is 6.38. The molecule has 6 heteroatoms. The van der Waals surface area contributed by atoms with Gasteiger partial charge in [-0.05, 0) is 53.6 Å². The van der Waals surface area contributed by atoms with Crippen LogP contribution in [0.2, 0.25) is 0 Å². The minimum atomic E-state index is 0.618. The molecule has 8 aromatic carbocycles. The van der Waals surface area contributed by atoms with Gasteiger partial charge >= 0.3 is 0 Å². The van der Waals surface area contributed by atoms with Crippen molar-refractivity contribution in [2.75, 3.05) is 0 Å². The molecule has 12 aromatic rings. The molecule has 4 heterocycles. The molecule has 0 radical (unpaired) electrons. The Morgan fingerprint density at radius 1 is 0.345 bits per heavy atom. The molecule has 0 amide bonds. The summed E-state index contributed by atoms with van der Waals surface area (Å²) in [7, 11) is 0. The van der Waals surface area contributed by atoms with Crippen molar-refractivity contribution >= 4 is 75.1 Å². The van der Waals surface area contributed by atoms with Crippen molar-refractivity contribution in [1.82, 2.24) is 19.9 Å². The van der Waals surface area contributed by atoms with Crippen LogP contribution in [0.15, 0.2) is 186 Å². The Hall–Kier alpha value is -7.54. The third-order valence-electron chi connectivity index (χ3n) is 11.1. The van der Waals surface area contributed by atoms with Gasteiger partial charge in [0.05, 0.1) is 11.2 Å². The number of fused-ring (bicyclic) bond motifs is 10. The van der Waals surface area contributed by atoms with Crippen molar-refractivity contribution in [2.45, 2.75) is 0 Å². The van der Waals surface area contributed by atoms with Crippen molar-refractivity contribution in [1.29, 1.82) is 0 Å². The summed E-state index contributed by atoms with van der Waals surface area (Å²) in [5.41, 5.74) is 9.61. The average Bonchev–Trinajstić information content (AvgIpc) is 3.88. The fraction of sp³-hybridized carbons (Fsp3) is 0. The van der Waals surface area contributed by atoms with Crippen LogP contribution >= 0.6 is 11.3 Å². The molecule has 0 aliphatic carbocycles. The maximum absolute atomic E-state index is 6.38. The molecular formula is C52H30N4OS. The molecule has 0 bridgehead atoms. The molecule has 0 saturated carbocycles. The van der Waals surface area contributed by atoms with Crippen LogP contribution in [0.5, 0.6) is 0 Å². The topological polar surface area (TPSA) is 64.7 Å².